The molecule has 0 unspecified atom stereocenters. The van der Waals surface area contributed by atoms with Crippen LogP contribution in [-0.2, 0) is 4.74 Å². The average Bonchev–Trinajstić information content (AvgIpc) is 2.78. The molecule has 0 aromatic heterocycles. The van der Waals surface area contributed by atoms with Crippen LogP contribution in [0.4, 0.5) is 0 Å². The molecular weight excluding hydrogens is 372 g/mol. The molecule has 0 amide bonds. The maximum atomic E-state index is 12.5. The van der Waals surface area contributed by atoms with Crippen molar-refractivity contribution in [3.05, 3.63) is 95.6 Å². The fourth-order valence-electron chi connectivity index (χ4n) is 2.54. The van der Waals surface area contributed by atoms with Crippen molar-refractivity contribution in [2.24, 2.45) is 0 Å². The summed E-state index contributed by atoms with van der Waals surface area (Å²) in [4.78, 5) is 36.9. The van der Waals surface area contributed by atoms with E-state index < -0.39 is 24.3 Å². The zero-order valence-corrected chi connectivity index (χ0v) is 15.7. The number of ether oxygens (including phenoxy) is 3. The summed E-state index contributed by atoms with van der Waals surface area (Å²) in [6.07, 6.45) is 0. The SMILES string of the molecule is COc1ccc(C(=O)Oc2ccccc2C(=O)COC(=O)c2ccccc2)cc1. The molecule has 0 atom stereocenters. The molecular formula is C23H18O6. The first-order chi connectivity index (χ1) is 14.1. The molecule has 0 saturated heterocycles. The lowest BCUT2D eigenvalue weighted by molar-refractivity contribution is 0.0472. The molecule has 0 aliphatic carbocycles. The first-order valence-corrected chi connectivity index (χ1v) is 8.79. The van der Waals surface area contributed by atoms with Crippen LogP contribution in [0.25, 0.3) is 0 Å². The zero-order chi connectivity index (χ0) is 20.6. The Labute approximate surface area is 167 Å². The minimum absolute atomic E-state index is 0.0917. The Hall–Kier alpha value is -3.93. The number of carbonyl (C=O) groups excluding carboxylic acids is 3. The molecule has 3 rings (SSSR count). The van der Waals surface area contributed by atoms with E-state index in [2.05, 4.69) is 0 Å². The second kappa shape index (κ2) is 9.32. The standard InChI is InChI=1S/C23H18O6/c1-27-18-13-11-17(12-14-18)23(26)29-21-10-6-5-9-19(21)20(24)15-28-22(25)16-7-3-2-4-8-16/h2-14H,15H2,1H3. The highest BCUT2D eigenvalue weighted by molar-refractivity contribution is 6.02. The quantitative estimate of drug-likeness (QED) is 0.345. The fraction of sp³-hybridized carbons (Fsp3) is 0.0870. The van der Waals surface area contributed by atoms with Crippen LogP contribution < -0.4 is 9.47 Å². The Morgan fingerprint density at radius 2 is 1.34 bits per heavy atom. The van der Waals surface area contributed by atoms with Crippen LogP contribution in [0, 0.1) is 0 Å². The maximum Gasteiger partial charge on any atom is 0.343 e. The van der Waals surface area contributed by atoms with Gasteiger partial charge in [-0.15, -0.1) is 0 Å². The summed E-state index contributed by atoms with van der Waals surface area (Å²) in [7, 11) is 1.53. The number of rotatable bonds is 7. The van der Waals surface area contributed by atoms with Gasteiger partial charge in [-0.25, -0.2) is 9.59 Å². The van der Waals surface area contributed by atoms with Gasteiger partial charge in [0.15, 0.2) is 6.61 Å². The molecule has 3 aromatic rings. The first kappa shape index (κ1) is 19.8. The van der Waals surface area contributed by atoms with Gasteiger partial charge in [0.2, 0.25) is 5.78 Å². The van der Waals surface area contributed by atoms with E-state index in [1.165, 1.54) is 19.2 Å². The van der Waals surface area contributed by atoms with Crippen molar-refractivity contribution in [2.45, 2.75) is 0 Å². The summed E-state index contributed by atoms with van der Waals surface area (Å²) >= 11 is 0. The van der Waals surface area contributed by atoms with Gasteiger partial charge < -0.3 is 14.2 Å². The highest BCUT2D eigenvalue weighted by Crippen LogP contribution is 2.21. The Kier molecular flexibility index (Phi) is 6.37. The summed E-state index contributed by atoms with van der Waals surface area (Å²) in [5.74, 6) is -1.00. The molecule has 0 N–H and O–H groups in total. The van der Waals surface area contributed by atoms with Gasteiger partial charge in [-0.3, -0.25) is 4.79 Å². The molecule has 0 aliphatic rings. The Bertz CT molecular complexity index is 1010. The fourth-order valence-corrected chi connectivity index (χ4v) is 2.54. The molecule has 6 nitrogen and oxygen atoms in total. The van der Waals surface area contributed by atoms with Crippen molar-refractivity contribution in [1.82, 2.24) is 0 Å². The van der Waals surface area contributed by atoms with Gasteiger partial charge in [0.1, 0.15) is 11.5 Å². The minimum atomic E-state index is -0.616. The van der Waals surface area contributed by atoms with Gasteiger partial charge >= 0.3 is 11.9 Å². The molecule has 29 heavy (non-hydrogen) atoms. The monoisotopic (exact) mass is 390 g/mol. The third-order valence-electron chi connectivity index (χ3n) is 4.06. The van der Waals surface area contributed by atoms with Gasteiger partial charge in [0, 0.05) is 0 Å². The number of benzene rings is 3. The number of methoxy groups -OCH3 is 1. The van der Waals surface area contributed by atoms with E-state index in [1.54, 1.807) is 66.7 Å². The number of para-hydroxylation sites is 1. The summed E-state index contributed by atoms with van der Waals surface area (Å²) < 4.78 is 15.5. The number of hydrogen-bond acceptors (Lipinski definition) is 6. The highest BCUT2D eigenvalue weighted by Gasteiger charge is 2.18. The van der Waals surface area contributed by atoms with Crippen LogP contribution in [0.15, 0.2) is 78.9 Å². The van der Waals surface area contributed by atoms with Crippen molar-refractivity contribution in [3.8, 4) is 11.5 Å². The van der Waals surface area contributed by atoms with Crippen molar-refractivity contribution >= 4 is 17.7 Å². The van der Waals surface area contributed by atoms with Gasteiger partial charge in [0.25, 0.3) is 0 Å². The van der Waals surface area contributed by atoms with Crippen LogP contribution in [0.2, 0.25) is 0 Å². The van der Waals surface area contributed by atoms with Crippen LogP contribution in [0.5, 0.6) is 11.5 Å². The number of esters is 2. The van der Waals surface area contributed by atoms with E-state index in [9.17, 15) is 14.4 Å². The van der Waals surface area contributed by atoms with Crippen molar-refractivity contribution < 1.29 is 28.6 Å². The molecule has 3 aromatic carbocycles. The lowest BCUT2D eigenvalue weighted by atomic mass is 10.1. The predicted molar refractivity (Wildman–Crippen MR) is 105 cm³/mol. The van der Waals surface area contributed by atoms with Gasteiger partial charge in [-0.2, -0.15) is 0 Å². The molecule has 0 saturated carbocycles. The van der Waals surface area contributed by atoms with E-state index >= 15 is 0 Å². The van der Waals surface area contributed by atoms with E-state index in [-0.39, 0.29) is 11.3 Å². The largest absolute Gasteiger partial charge is 0.497 e. The van der Waals surface area contributed by atoms with Crippen molar-refractivity contribution in [3.63, 3.8) is 0 Å². The normalized spacial score (nSPS) is 10.1. The molecule has 0 heterocycles. The Morgan fingerprint density at radius 1 is 0.724 bits per heavy atom. The van der Waals surface area contributed by atoms with Gasteiger partial charge in [-0.1, -0.05) is 30.3 Å². The summed E-state index contributed by atoms with van der Waals surface area (Å²) in [5, 5.41) is 0. The molecule has 146 valence electrons. The lowest BCUT2D eigenvalue weighted by Gasteiger charge is -2.10. The Balaban J connectivity index is 1.68. The zero-order valence-electron chi connectivity index (χ0n) is 15.7. The van der Waals surface area contributed by atoms with Gasteiger partial charge in [-0.05, 0) is 48.5 Å². The maximum absolute atomic E-state index is 12.5. The number of hydrogen-bond donors (Lipinski definition) is 0. The van der Waals surface area contributed by atoms with Crippen molar-refractivity contribution in [2.75, 3.05) is 13.7 Å². The molecule has 0 fully saturated rings. The van der Waals surface area contributed by atoms with Gasteiger partial charge in [0.05, 0.1) is 23.8 Å². The molecule has 0 aliphatic heterocycles. The summed E-state index contributed by atoms with van der Waals surface area (Å²) in [5.41, 5.74) is 0.804. The van der Waals surface area contributed by atoms with E-state index in [1.807, 2.05) is 0 Å². The molecule has 0 spiro atoms. The predicted octanol–water partition coefficient (Wildman–Crippen LogP) is 3.95. The molecule has 0 radical (unpaired) electrons. The molecule has 6 heteroatoms. The number of ketones is 1. The van der Waals surface area contributed by atoms with Crippen LogP contribution >= 0.6 is 0 Å². The smallest absolute Gasteiger partial charge is 0.343 e. The number of Topliss-reactive ketones (excluding diaryl/α,β-unsaturated/α-hetero) is 1. The van der Waals surface area contributed by atoms with E-state index in [0.717, 1.165) is 0 Å². The minimum Gasteiger partial charge on any atom is -0.497 e. The molecule has 0 bridgehead atoms. The van der Waals surface area contributed by atoms with E-state index in [4.69, 9.17) is 14.2 Å². The second-order valence-corrected chi connectivity index (χ2v) is 5.98. The second-order valence-electron chi connectivity index (χ2n) is 5.98. The first-order valence-electron chi connectivity index (χ1n) is 8.79. The number of carbonyl (C=O) groups is 3. The van der Waals surface area contributed by atoms with E-state index in [0.29, 0.717) is 16.9 Å². The van der Waals surface area contributed by atoms with Crippen LogP contribution in [0.3, 0.4) is 0 Å². The third-order valence-corrected chi connectivity index (χ3v) is 4.06. The topological polar surface area (TPSA) is 78.9 Å². The van der Waals surface area contributed by atoms with Crippen LogP contribution in [0.1, 0.15) is 31.1 Å². The summed E-state index contributed by atoms with van der Waals surface area (Å²) in [6, 6.07) is 21.1. The average molecular weight is 390 g/mol. The lowest BCUT2D eigenvalue weighted by Crippen LogP contribution is -2.16. The highest BCUT2D eigenvalue weighted by atomic mass is 16.5. The Morgan fingerprint density at radius 3 is 2.03 bits per heavy atom. The third kappa shape index (κ3) is 5.07. The van der Waals surface area contributed by atoms with Crippen LogP contribution in [-0.4, -0.2) is 31.4 Å². The summed E-state index contributed by atoms with van der Waals surface area (Å²) in [6.45, 7) is -0.467. The van der Waals surface area contributed by atoms with Crippen molar-refractivity contribution in [1.29, 1.82) is 0 Å².